The number of benzene rings is 2. The summed E-state index contributed by atoms with van der Waals surface area (Å²) in [4.78, 5) is 6.83. The Balaban J connectivity index is 1.46. The van der Waals surface area contributed by atoms with Gasteiger partial charge in [0.1, 0.15) is 5.01 Å². The Bertz CT molecular complexity index is 1050. The number of thioether (sulfide) groups is 1. The van der Waals surface area contributed by atoms with E-state index in [0.717, 1.165) is 38.6 Å². The molecule has 4 rings (SSSR count). The fourth-order valence-corrected chi connectivity index (χ4v) is 4.56. The Hall–Kier alpha value is -2.64. The Morgan fingerprint density at radius 1 is 0.964 bits per heavy atom. The van der Waals surface area contributed by atoms with Gasteiger partial charge in [0.05, 0.1) is 5.69 Å². The van der Waals surface area contributed by atoms with Gasteiger partial charge in [-0.1, -0.05) is 42.1 Å². The largest absolute Gasteiger partial charge is 0.378 e. The van der Waals surface area contributed by atoms with Gasteiger partial charge in [0.2, 0.25) is 0 Å². The van der Waals surface area contributed by atoms with Crippen LogP contribution in [0.15, 0.2) is 65.1 Å². The molecule has 0 spiro atoms. The molecule has 0 bridgehead atoms. The van der Waals surface area contributed by atoms with Crippen molar-refractivity contribution >= 4 is 28.8 Å². The zero-order chi connectivity index (χ0) is 19.5. The maximum Gasteiger partial charge on any atom is 0.191 e. The third-order valence-electron chi connectivity index (χ3n) is 4.40. The van der Waals surface area contributed by atoms with Gasteiger partial charge in [0, 0.05) is 49.1 Å². The van der Waals surface area contributed by atoms with Gasteiger partial charge in [-0.3, -0.25) is 0 Å². The van der Waals surface area contributed by atoms with E-state index in [1.54, 1.807) is 23.1 Å². The highest BCUT2D eigenvalue weighted by Gasteiger charge is 2.13. The zero-order valence-corrected chi connectivity index (χ0v) is 17.7. The van der Waals surface area contributed by atoms with E-state index in [4.69, 9.17) is 4.98 Å². The van der Waals surface area contributed by atoms with Crippen LogP contribution >= 0.6 is 23.1 Å². The molecular formula is C21H21N5S2. The number of rotatable bonds is 6. The number of thiazole rings is 1. The van der Waals surface area contributed by atoms with E-state index in [0.29, 0.717) is 0 Å². The summed E-state index contributed by atoms with van der Waals surface area (Å²) < 4.78 is 2.04. The van der Waals surface area contributed by atoms with Crippen LogP contribution in [0.25, 0.3) is 22.0 Å². The van der Waals surface area contributed by atoms with Crippen LogP contribution in [-0.4, -0.2) is 33.8 Å². The van der Waals surface area contributed by atoms with E-state index in [2.05, 4.69) is 56.9 Å². The van der Waals surface area contributed by atoms with Crippen molar-refractivity contribution in [3.8, 4) is 22.0 Å². The molecule has 2 aromatic heterocycles. The molecule has 0 amide bonds. The summed E-state index contributed by atoms with van der Waals surface area (Å²) in [6.45, 7) is 0. The quantitative estimate of drug-likeness (QED) is 0.423. The maximum absolute atomic E-state index is 4.75. The van der Waals surface area contributed by atoms with Crippen molar-refractivity contribution in [1.29, 1.82) is 0 Å². The van der Waals surface area contributed by atoms with E-state index in [-0.39, 0.29) is 0 Å². The van der Waals surface area contributed by atoms with Gasteiger partial charge in [0.25, 0.3) is 0 Å². The molecule has 142 valence electrons. The molecule has 2 aromatic carbocycles. The lowest BCUT2D eigenvalue weighted by atomic mass is 10.2. The molecule has 0 atom stereocenters. The van der Waals surface area contributed by atoms with Crippen LogP contribution in [0.2, 0.25) is 0 Å². The standard InChI is InChI=1S/C21H21N5S2/c1-25(2)18-11-9-15(10-12-18)19-23-24-21(26(19)3)28-14-17-13-27-20(22-17)16-7-5-4-6-8-16/h4-13H,14H2,1-3H3. The van der Waals surface area contributed by atoms with E-state index in [9.17, 15) is 0 Å². The lowest BCUT2D eigenvalue weighted by Gasteiger charge is -2.12. The fourth-order valence-electron chi connectivity index (χ4n) is 2.83. The van der Waals surface area contributed by atoms with Gasteiger partial charge >= 0.3 is 0 Å². The zero-order valence-electron chi connectivity index (χ0n) is 16.0. The van der Waals surface area contributed by atoms with Crippen LogP contribution < -0.4 is 4.90 Å². The second-order valence-corrected chi connectivity index (χ2v) is 8.41. The maximum atomic E-state index is 4.75. The summed E-state index contributed by atoms with van der Waals surface area (Å²) >= 11 is 3.33. The topological polar surface area (TPSA) is 46.8 Å². The van der Waals surface area contributed by atoms with Crippen molar-refractivity contribution in [2.45, 2.75) is 10.9 Å². The second kappa shape index (κ2) is 8.16. The summed E-state index contributed by atoms with van der Waals surface area (Å²) in [5.41, 5.74) is 4.45. The first-order valence-corrected chi connectivity index (χ1v) is 10.8. The van der Waals surface area contributed by atoms with E-state index in [1.165, 1.54) is 5.69 Å². The van der Waals surface area contributed by atoms with E-state index in [1.807, 2.05) is 43.9 Å². The van der Waals surface area contributed by atoms with Crippen molar-refractivity contribution in [3.05, 3.63) is 65.7 Å². The average Bonchev–Trinajstić information content (AvgIpc) is 3.34. The van der Waals surface area contributed by atoms with Crippen LogP contribution in [0, 0.1) is 0 Å². The van der Waals surface area contributed by atoms with Crippen LogP contribution in [0.1, 0.15) is 5.69 Å². The minimum absolute atomic E-state index is 0.773. The summed E-state index contributed by atoms with van der Waals surface area (Å²) in [5, 5.41) is 12.8. The van der Waals surface area contributed by atoms with Crippen molar-refractivity contribution < 1.29 is 0 Å². The molecular weight excluding hydrogens is 386 g/mol. The van der Waals surface area contributed by atoms with Gasteiger partial charge in [0.15, 0.2) is 11.0 Å². The molecule has 0 saturated heterocycles. The predicted molar refractivity (Wildman–Crippen MR) is 118 cm³/mol. The first-order chi connectivity index (χ1) is 13.6. The number of hydrogen-bond donors (Lipinski definition) is 0. The van der Waals surface area contributed by atoms with Crippen LogP contribution in [-0.2, 0) is 12.8 Å². The Labute approximate surface area is 173 Å². The molecule has 28 heavy (non-hydrogen) atoms. The third kappa shape index (κ3) is 3.95. The number of nitrogens with zero attached hydrogens (tertiary/aromatic N) is 5. The molecule has 0 aliphatic heterocycles. The smallest absolute Gasteiger partial charge is 0.191 e. The fraction of sp³-hybridized carbons (Fsp3) is 0.190. The number of anilines is 1. The summed E-state index contributed by atoms with van der Waals surface area (Å²) in [6, 6.07) is 18.6. The molecule has 5 nitrogen and oxygen atoms in total. The highest BCUT2D eigenvalue weighted by atomic mass is 32.2. The molecule has 0 aliphatic rings. The highest BCUT2D eigenvalue weighted by molar-refractivity contribution is 7.98. The van der Waals surface area contributed by atoms with Gasteiger partial charge in [-0.2, -0.15) is 0 Å². The summed E-state index contributed by atoms with van der Waals surface area (Å²) in [5.74, 6) is 1.64. The van der Waals surface area contributed by atoms with Crippen LogP contribution in [0.5, 0.6) is 0 Å². The lowest BCUT2D eigenvalue weighted by Crippen LogP contribution is -2.08. The Morgan fingerprint density at radius 3 is 2.43 bits per heavy atom. The highest BCUT2D eigenvalue weighted by Crippen LogP contribution is 2.29. The molecule has 0 fully saturated rings. The number of hydrogen-bond acceptors (Lipinski definition) is 6. The van der Waals surface area contributed by atoms with Gasteiger partial charge in [-0.25, -0.2) is 4.98 Å². The monoisotopic (exact) mass is 407 g/mol. The van der Waals surface area contributed by atoms with E-state index < -0.39 is 0 Å². The molecule has 4 aromatic rings. The summed E-state index contributed by atoms with van der Waals surface area (Å²) in [6.07, 6.45) is 0. The van der Waals surface area contributed by atoms with Gasteiger partial charge < -0.3 is 9.47 Å². The minimum atomic E-state index is 0.773. The Morgan fingerprint density at radius 2 is 1.71 bits per heavy atom. The SMILES string of the molecule is CN(C)c1ccc(-c2nnc(SCc3csc(-c4ccccc4)n3)n2C)cc1. The normalized spacial score (nSPS) is 11.0. The van der Waals surface area contributed by atoms with Gasteiger partial charge in [-0.15, -0.1) is 21.5 Å². The third-order valence-corrected chi connectivity index (χ3v) is 6.39. The number of aromatic nitrogens is 4. The Kier molecular flexibility index (Phi) is 5.45. The first kappa shape index (κ1) is 18.7. The van der Waals surface area contributed by atoms with Crippen molar-refractivity contribution in [2.24, 2.45) is 7.05 Å². The second-order valence-electron chi connectivity index (χ2n) is 6.61. The molecule has 0 N–H and O–H groups in total. The molecule has 0 saturated carbocycles. The first-order valence-electron chi connectivity index (χ1n) is 8.91. The molecule has 0 unspecified atom stereocenters. The lowest BCUT2D eigenvalue weighted by molar-refractivity contribution is 0.793. The van der Waals surface area contributed by atoms with Crippen LogP contribution in [0.4, 0.5) is 5.69 Å². The molecule has 0 radical (unpaired) electrons. The van der Waals surface area contributed by atoms with Crippen molar-refractivity contribution in [2.75, 3.05) is 19.0 Å². The molecule has 2 heterocycles. The minimum Gasteiger partial charge on any atom is -0.378 e. The summed E-state index contributed by atoms with van der Waals surface area (Å²) in [7, 11) is 6.08. The van der Waals surface area contributed by atoms with Crippen molar-refractivity contribution in [3.63, 3.8) is 0 Å². The van der Waals surface area contributed by atoms with Gasteiger partial charge in [-0.05, 0) is 24.3 Å². The molecule has 7 heteroatoms. The van der Waals surface area contributed by atoms with Crippen LogP contribution in [0.3, 0.4) is 0 Å². The van der Waals surface area contributed by atoms with E-state index >= 15 is 0 Å². The van der Waals surface area contributed by atoms with Crippen molar-refractivity contribution in [1.82, 2.24) is 19.7 Å². The molecule has 0 aliphatic carbocycles. The average molecular weight is 408 g/mol. The predicted octanol–water partition coefficient (Wildman–Crippen LogP) is 4.96.